The molecule has 0 bridgehead atoms. The second kappa shape index (κ2) is 4.32. The summed E-state index contributed by atoms with van der Waals surface area (Å²) < 4.78 is 5.16. The van der Waals surface area contributed by atoms with Crippen LogP contribution in [0.2, 0.25) is 0 Å². The van der Waals surface area contributed by atoms with Crippen LogP contribution in [0.25, 0.3) is 0 Å². The average molecular weight is 260 g/mol. The predicted octanol–water partition coefficient (Wildman–Crippen LogP) is 1.21. The molecular formula is C15H20N2O2. The zero-order chi connectivity index (χ0) is 13.6. The Hall–Kier alpha value is -1.39. The first-order chi connectivity index (χ1) is 9.06. The van der Waals surface area contributed by atoms with Crippen LogP contribution in [0.1, 0.15) is 24.5 Å². The van der Waals surface area contributed by atoms with Gasteiger partial charge in [0.2, 0.25) is 0 Å². The monoisotopic (exact) mass is 260 g/mol. The van der Waals surface area contributed by atoms with Gasteiger partial charge in [-0.25, -0.2) is 0 Å². The highest BCUT2D eigenvalue weighted by molar-refractivity contribution is 5.82. The molecule has 0 radical (unpaired) electrons. The zero-order valence-corrected chi connectivity index (χ0v) is 11.4. The Kier molecular flexibility index (Phi) is 2.87. The van der Waals surface area contributed by atoms with Crippen molar-refractivity contribution < 1.29 is 9.53 Å². The summed E-state index contributed by atoms with van der Waals surface area (Å²) in [6.07, 6.45) is 0.940. The van der Waals surface area contributed by atoms with E-state index < -0.39 is 5.54 Å². The van der Waals surface area contributed by atoms with E-state index >= 15 is 0 Å². The van der Waals surface area contributed by atoms with Crippen molar-refractivity contribution in [2.75, 3.05) is 6.61 Å². The van der Waals surface area contributed by atoms with Gasteiger partial charge in [0, 0.05) is 12.6 Å². The molecule has 2 aliphatic rings. The number of hydrogen-bond acceptors (Lipinski definition) is 4. The first-order valence-corrected chi connectivity index (χ1v) is 6.83. The average Bonchev–Trinajstić information content (AvgIpc) is 2.61. The molecule has 2 N–H and O–H groups in total. The molecule has 0 amide bonds. The lowest BCUT2D eigenvalue weighted by atomic mass is 9.73. The zero-order valence-electron chi connectivity index (χ0n) is 11.4. The van der Waals surface area contributed by atoms with Gasteiger partial charge in [-0.15, -0.1) is 0 Å². The minimum atomic E-state index is -0.477. The second-order valence-electron chi connectivity index (χ2n) is 5.71. The Bertz CT molecular complexity index is 517. The van der Waals surface area contributed by atoms with Gasteiger partial charge in [-0.3, -0.25) is 9.69 Å². The quantitative estimate of drug-likeness (QED) is 0.830. The van der Waals surface area contributed by atoms with Crippen molar-refractivity contribution in [3.8, 4) is 0 Å². The Morgan fingerprint density at radius 3 is 3.00 bits per heavy atom. The number of ether oxygens (including phenoxy) is 1. The van der Waals surface area contributed by atoms with Crippen LogP contribution in [-0.4, -0.2) is 35.1 Å². The van der Waals surface area contributed by atoms with E-state index in [1.54, 1.807) is 0 Å². The third kappa shape index (κ3) is 1.78. The number of aryl methyl sites for hydroxylation is 1. The van der Waals surface area contributed by atoms with Crippen LogP contribution in [0.15, 0.2) is 24.3 Å². The van der Waals surface area contributed by atoms with Gasteiger partial charge in [-0.05, 0) is 18.9 Å². The molecule has 0 spiro atoms. The van der Waals surface area contributed by atoms with Gasteiger partial charge >= 0.3 is 5.97 Å². The van der Waals surface area contributed by atoms with E-state index in [2.05, 4.69) is 36.9 Å². The van der Waals surface area contributed by atoms with Crippen LogP contribution in [0.3, 0.4) is 0 Å². The number of esters is 1. The number of carbonyl (C=O) groups excluding carboxylic acids is 1. The van der Waals surface area contributed by atoms with Crippen LogP contribution in [0.4, 0.5) is 0 Å². The summed E-state index contributed by atoms with van der Waals surface area (Å²) in [4.78, 5) is 14.0. The third-order valence-electron chi connectivity index (χ3n) is 4.38. The molecule has 4 heteroatoms. The van der Waals surface area contributed by atoms with Crippen molar-refractivity contribution in [2.45, 2.75) is 44.4 Å². The largest absolute Gasteiger partial charge is 0.462 e. The van der Waals surface area contributed by atoms with Crippen LogP contribution in [-0.2, 0) is 16.1 Å². The molecule has 1 aromatic carbocycles. The molecule has 2 heterocycles. The van der Waals surface area contributed by atoms with E-state index in [9.17, 15) is 4.79 Å². The molecule has 3 rings (SSSR count). The summed E-state index contributed by atoms with van der Waals surface area (Å²) >= 11 is 0. The maximum Gasteiger partial charge on any atom is 0.325 e. The predicted molar refractivity (Wildman–Crippen MR) is 72.5 cm³/mol. The van der Waals surface area contributed by atoms with E-state index in [1.165, 1.54) is 11.1 Å². The number of hydrogen-bond donors (Lipinski definition) is 1. The molecule has 1 aromatic rings. The van der Waals surface area contributed by atoms with Gasteiger partial charge in [0.1, 0.15) is 12.6 Å². The van der Waals surface area contributed by atoms with Crippen LogP contribution < -0.4 is 5.73 Å². The maximum absolute atomic E-state index is 11.8. The molecule has 0 saturated carbocycles. The number of nitrogens with two attached hydrogens (primary N) is 1. The number of likely N-dealkylation sites (tertiary alicyclic amines) is 1. The van der Waals surface area contributed by atoms with Crippen molar-refractivity contribution in [2.24, 2.45) is 5.73 Å². The van der Waals surface area contributed by atoms with Gasteiger partial charge in [0.05, 0.1) is 5.54 Å². The van der Waals surface area contributed by atoms with Crippen LogP contribution in [0.5, 0.6) is 0 Å². The van der Waals surface area contributed by atoms with Gasteiger partial charge in [0.25, 0.3) is 0 Å². The van der Waals surface area contributed by atoms with Gasteiger partial charge in [0.15, 0.2) is 0 Å². The summed E-state index contributed by atoms with van der Waals surface area (Å²) in [6.45, 7) is 5.31. The molecular weight excluding hydrogens is 240 g/mol. The first kappa shape index (κ1) is 12.6. The molecule has 19 heavy (non-hydrogen) atoms. The normalized spacial score (nSPS) is 33.7. The van der Waals surface area contributed by atoms with Gasteiger partial charge < -0.3 is 10.5 Å². The fourth-order valence-electron chi connectivity index (χ4n) is 3.54. The minimum absolute atomic E-state index is 0.167. The second-order valence-corrected chi connectivity index (χ2v) is 5.71. The maximum atomic E-state index is 11.8. The Morgan fingerprint density at radius 2 is 2.32 bits per heavy atom. The molecule has 2 fully saturated rings. The van der Waals surface area contributed by atoms with Crippen molar-refractivity contribution in [3.05, 3.63) is 35.4 Å². The van der Waals surface area contributed by atoms with E-state index in [0.29, 0.717) is 6.61 Å². The van der Waals surface area contributed by atoms with Gasteiger partial charge in [-0.1, -0.05) is 36.8 Å². The highest BCUT2D eigenvalue weighted by atomic mass is 16.5. The molecule has 3 atom stereocenters. The summed E-state index contributed by atoms with van der Waals surface area (Å²) in [5.74, 6) is -0.167. The van der Waals surface area contributed by atoms with Crippen molar-refractivity contribution >= 4 is 5.97 Å². The number of cyclic esters (lactones) is 1. The third-order valence-corrected chi connectivity index (χ3v) is 4.38. The highest BCUT2D eigenvalue weighted by Gasteiger charge is 2.65. The standard InChI is InChI=1S/C15H20N2O2/c1-3-12-15(16)9-19-14(18)13(15)17(12)8-11-6-4-5-10(2)7-11/h4-7,12-13H,3,8-9,16H2,1-2H3. The van der Waals surface area contributed by atoms with E-state index in [-0.39, 0.29) is 18.1 Å². The molecule has 0 aromatic heterocycles. The summed E-state index contributed by atoms with van der Waals surface area (Å²) in [5, 5.41) is 0. The van der Waals surface area contributed by atoms with Gasteiger partial charge in [-0.2, -0.15) is 0 Å². The number of fused-ring (bicyclic) bond motifs is 1. The smallest absolute Gasteiger partial charge is 0.325 e. The Balaban J connectivity index is 1.83. The van der Waals surface area contributed by atoms with Crippen LogP contribution >= 0.6 is 0 Å². The molecule has 4 nitrogen and oxygen atoms in total. The summed E-state index contributed by atoms with van der Waals surface area (Å²) in [5.41, 5.74) is 8.32. The molecule has 0 aliphatic carbocycles. The molecule has 102 valence electrons. The topological polar surface area (TPSA) is 55.6 Å². The Labute approximate surface area is 113 Å². The lowest BCUT2D eigenvalue weighted by Crippen LogP contribution is -2.80. The van der Waals surface area contributed by atoms with E-state index in [4.69, 9.17) is 10.5 Å². The summed E-state index contributed by atoms with van der Waals surface area (Å²) in [7, 11) is 0. The van der Waals surface area contributed by atoms with Crippen LogP contribution in [0, 0.1) is 6.92 Å². The molecule has 2 saturated heterocycles. The fourth-order valence-corrected chi connectivity index (χ4v) is 3.54. The number of benzene rings is 1. The molecule has 3 unspecified atom stereocenters. The first-order valence-electron chi connectivity index (χ1n) is 6.83. The lowest BCUT2D eigenvalue weighted by molar-refractivity contribution is -0.148. The van der Waals surface area contributed by atoms with Crippen molar-refractivity contribution in [1.82, 2.24) is 4.90 Å². The number of rotatable bonds is 3. The lowest BCUT2D eigenvalue weighted by Gasteiger charge is -2.56. The Morgan fingerprint density at radius 1 is 1.53 bits per heavy atom. The number of carbonyl (C=O) groups is 1. The summed E-state index contributed by atoms with van der Waals surface area (Å²) in [6, 6.07) is 8.34. The molecule has 2 aliphatic heterocycles. The fraction of sp³-hybridized carbons (Fsp3) is 0.533. The minimum Gasteiger partial charge on any atom is -0.462 e. The SMILES string of the molecule is CCC1N(Cc2cccc(C)c2)C2C(=O)OCC12N. The van der Waals surface area contributed by atoms with E-state index in [0.717, 1.165) is 13.0 Å². The van der Waals surface area contributed by atoms with Crippen molar-refractivity contribution in [3.63, 3.8) is 0 Å². The van der Waals surface area contributed by atoms with Crippen molar-refractivity contribution in [1.29, 1.82) is 0 Å². The van der Waals surface area contributed by atoms with E-state index in [1.807, 2.05) is 6.07 Å². The number of nitrogens with zero attached hydrogens (tertiary/aromatic N) is 1. The highest BCUT2D eigenvalue weighted by Crippen LogP contribution is 2.42.